The van der Waals surface area contributed by atoms with E-state index in [1.165, 1.54) is 29.2 Å². The van der Waals surface area contributed by atoms with Crippen molar-refractivity contribution in [2.45, 2.75) is 13.0 Å². The van der Waals surface area contributed by atoms with Crippen LogP contribution >= 0.6 is 0 Å². The molecule has 3 amide bonds. The molecule has 3 aromatic carbocycles. The van der Waals surface area contributed by atoms with Crippen molar-refractivity contribution in [1.82, 2.24) is 0 Å². The number of alkyl halides is 2. The summed E-state index contributed by atoms with van der Waals surface area (Å²) in [6.07, 6.45) is 0.0370. The van der Waals surface area contributed by atoms with Crippen LogP contribution in [-0.2, 0) is 16.0 Å². The molecule has 168 valence electrons. The Bertz CT molecular complexity index is 1180. The Morgan fingerprint density at radius 2 is 1.70 bits per heavy atom. The van der Waals surface area contributed by atoms with E-state index in [-0.39, 0.29) is 36.4 Å². The summed E-state index contributed by atoms with van der Waals surface area (Å²) in [6.45, 7) is -2.99. The smallest absolute Gasteiger partial charge is 0.387 e. The topological polar surface area (TPSA) is 87.7 Å². The number of fused-ring (bicyclic) bond motifs is 1. The molecule has 3 aromatic rings. The molecule has 0 unspecified atom stereocenters. The van der Waals surface area contributed by atoms with Crippen molar-refractivity contribution in [2.24, 2.45) is 0 Å². The number of ether oxygens (including phenoxy) is 1. The molecule has 0 atom stereocenters. The Morgan fingerprint density at radius 3 is 2.39 bits per heavy atom. The highest BCUT2D eigenvalue weighted by atomic mass is 19.3. The third-order valence-electron chi connectivity index (χ3n) is 4.94. The fraction of sp³-hybridized carbons (Fsp3) is 0.125. The molecule has 0 saturated heterocycles. The number of anilines is 3. The molecule has 2 N–H and O–H groups in total. The summed E-state index contributed by atoms with van der Waals surface area (Å²) in [5.41, 5.74) is 2.67. The van der Waals surface area contributed by atoms with Crippen LogP contribution in [0, 0.1) is 0 Å². The monoisotopic (exact) mass is 451 g/mol. The standard InChI is InChI=1S/C24H19F2N3O4/c25-24(26)33-18-11-5-15(6-12-18)13-21(30)27-17-9-7-16(8-10-17)23(32)29-14-22(31)28-19-3-1-2-4-20(19)29/h1-12,24H,13-14H2,(H,27,30)(H,28,31). The third kappa shape index (κ3) is 5.32. The molecule has 0 bridgehead atoms. The number of para-hydroxylation sites is 2. The summed E-state index contributed by atoms with van der Waals surface area (Å²) in [7, 11) is 0. The highest BCUT2D eigenvalue weighted by molar-refractivity contribution is 6.15. The summed E-state index contributed by atoms with van der Waals surface area (Å²) < 4.78 is 28.7. The first-order valence-electron chi connectivity index (χ1n) is 10.0. The van der Waals surface area contributed by atoms with E-state index >= 15 is 0 Å². The number of nitrogens with zero attached hydrogens (tertiary/aromatic N) is 1. The van der Waals surface area contributed by atoms with Gasteiger partial charge >= 0.3 is 6.61 Å². The van der Waals surface area contributed by atoms with Crippen LogP contribution in [0.5, 0.6) is 5.75 Å². The molecular weight excluding hydrogens is 432 g/mol. The predicted molar refractivity (Wildman–Crippen MR) is 119 cm³/mol. The fourth-order valence-corrected chi connectivity index (χ4v) is 3.45. The third-order valence-corrected chi connectivity index (χ3v) is 4.94. The van der Waals surface area contributed by atoms with Crippen molar-refractivity contribution in [3.05, 3.63) is 83.9 Å². The van der Waals surface area contributed by atoms with Crippen LogP contribution in [0.25, 0.3) is 0 Å². The highest BCUT2D eigenvalue weighted by Crippen LogP contribution is 2.30. The van der Waals surface area contributed by atoms with Crippen molar-refractivity contribution in [2.75, 3.05) is 22.1 Å². The predicted octanol–water partition coefficient (Wildman–Crippen LogP) is 4.07. The number of hydrogen-bond donors (Lipinski definition) is 2. The summed E-state index contributed by atoms with van der Waals surface area (Å²) in [5.74, 6) is -0.900. The van der Waals surface area contributed by atoms with Gasteiger partial charge in [-0.2, -0.15) is 8.78 Å². The Hall–Kier alpha value is -4.27. The fourth-order valence-electron chi connectivity index (χ4n) is 3.45. The molecule has 0 aromatic heterocycles. The number of benzene rings is 3. The van der Waals surface area contributed by atoms with Gasteiger partial charge in [-0.05, 0) is 54.1 Å². The number of rotatable bonds is 6. The van der Waals surface area contributed by atoms with Gasteiger partial charge in [-0.15, -0.1) is 0 Å². The Labute approximate surface area is 188 Å². The van der Waals surface area contributed by atoms with Gasteiger partial charge in [-0.25, -0.2) is 0 Å². The van der Waals surface area contributed by atoms with E-state index in [1.807, 2.05) is 0 Å². The van der Waals surface area contributed by atoms with Crippen LogP contribution in [0.2, 0.25) is 0 Å². The van der Waals surface area contributed by atoms with Crippen LogP contribution in [0.3, 0.4) is 0 Å². The van der Waals surface area contributed by atoms with Crippen molar-refractivity contribution in [1.29, 1.82) is 0 Å². The lowest BCUT2D eigenvalue weighted by Gasteiger charge is -2.29. The second kappa shape index (κ2) is 9.47. The van der Waals surface area contributed by atoms with E-state index in [4.69, 9.17) is 0 Å². The molecule has 33 heavy (non-hydrogen) atoms. The first-order valence-corrected chi connectivity index (χ1v) is 10.0. The molecule has 7 nitrogen and oxygen atoms in total. The van der Waals surface area contributed by atoms with E-state index in [0.717, 1.165) is 0 Å². The minimum absolute atomic E-state index is 0.0169. The normalized spacial score (nSPS) is 12.7. The highest BCUT2D eigenvalue weighted by Gasteiger charge is 2.27. The average Bonchev–Trinajstić information content (AvgIpc) is 2.79. The average molecular weight is 451 g/mol. The van der Waals surface area contributed by atoms with Crippen molar-refractivity contribution in [3.8, 4) is 5.75 Å². The van der Waals surface area contributed by atoms with Crippen LogP contribution < -0.4 is 20.3 Å². The number of carbonyl (C=O) groups is 3. The molecule has 4 rings (SSSR count). The van der Waals surface area contributed by atoms with Gasteiger partial charge in [0, 0.05) is 11.3 Å². The van der Waals surface area contributed by atoms with Gasteiger partial charge in [0.15, 0.2) is 0 Å². The van der Waals surface area contributed by atoms with E-state index in [0.29, 0.717) is 28.2 Å². The van der Waals surface area contributed by atoms with Crippen LogP contribution in [0.1, 0.15) is 15.9 Å². The quantitative estimate of drug-likeness (QED) is 0.592. The zero-order valence-corrected chi connectivity index (χ0v) is 17.3. The molecule has 0 radical (unpaired) electrons. The molecule has 0 fully saturated rings. The second-order valence-electron chi connectivity index (χ2n) is 7.28. The molecule has 1 heterocycles. The molecule has 0 saturated carbocycles. The van der Waals surface area contributed by atoms with Crippen molar-refractivity contribution in [3.63, 3.8) is 0 Å². The number of nitrogens with one attached hydrogen (secondary N) is 2. The lowest BCUT2D eigenvalue weighted by Crippen LogP contribution is -2.42. The van der Waals surface area contributed by atoms with Crippen LogP contribution in [0.4, 0.5) is 25.8 Å². The van der Waals surface area contributed by atoms with Gasteiger partial charge in [-0.1, -0.05) is 24.3 Å². The van der Waals surface area contributed by atoms with Gasteiger partial charge in [0.2, 0.25) is 11.8 Å². The summed E-state index contributed by atoms with van der Waals surface area (Å²) in [6, 6.07) is 19.2. The molecule has 9 heteroatoms. The Kier molecular flexibility index (Phi) is 6.30. The summed E-state index contributed by atoms with van der Waals surface area (Å²) >= 11 is 0. The van der Waals surface area contributed by atoms with E-state index in [1.54, 1.807) is 48.5 Å². The number of carbonyl (C=O) groups excluding carboxylic acids is 3. The first kappa shape index (κ1) is 21.9. The maximum Gasteiger partial charge on any atom is 0.387 e. The van der Waals surface area contributed by atoms with Crippen LogP contribution in [-0.4, -0.2) is 30.9 Å². The Balaban J connectivity index is 1.39. The minimum Gasteiger partial charge on any atom is -0.435 e. The van der Waals surface area contributed by atoms with Gasteiger partial charge in [0.25, 0.3) is 5.91 Å². The zero-order chi connectivity index (χ0) is 23.4. The SMILES string of the molecule is O=C(Cc1ccc(OC(F)F)cc1)Nc1ccc(C(=O)N2CC(=O)Nc3ccccc32)cc1. The number of hydrogen-bond acceptors (Lipinski definition) is 4. The van der Waals surface area contributed by atoms with Gasteiger partial charge in [-0.3, -0.25) is 19.3 Å². The second-order valence-corrected chi connectivity index (χ2v) is 7.28. The largest absolute Gasteiger partial charge is 0.435 e. The maximum absolute atomic E-state index is 13.0. The Morgan fingerprint density at radius 1 is 1.00 bits per heavy atom. The van der Waals surface area contributed by atoms with E-state index < -0.39 is 6.61 Å². The number of amides is 3. The zero-order valence-electron chi connectivity index (χ0n) is 17.3. The van der Waals surface area contributed by atoms with Crippen molar-refractivity contribution < 1.29 is 27.9 Å². The lowest BCUT2D eigenvalue weighted by atomic mass is 10.1. The maximum atomic E-state index is 13.0. The van der Waals surface area contributed by atoms with Gasteiger partial charge < -0.3 is 15.4 Å². The van der Waals surface area contributed by atoms with Gasteiger partial charge in [0.1, 0.15) is 12.3 Å². The van der Waals surface area contributed by atoms with E-state index in [2.05, 4.69) is 15.4 Å². The molecule has 1 aliphatic rings. The lowest BCUT2D eigenvalue weighted by molar-refractivity contribution is -0.116. The molecule has 0 spiro atoms. The minimum atomic E-state index is -2.91. The molecule has 1 aliphatic heterocycles. The molecule has 0 aliphatic carbocycles. The van der Waals surface area contributed by atoms with Gasteiger partial charge in [0.05, 0.1) is 17.8 Å². The summed E-state index contributed by atoms with van der Waals surface area (Å²) in [5, 5.41) is 5.46. The summed E-state index contributed by atoms with van der Waals surface area (Å²) in [4.78, 5) is 38.7. The van der Waals surface area contributed by atoms with Crippen LogP contribution in [0.15, 0.2) is 72.8 Å². The van der Waals surface area contributed by atoms with Crippen molar-refractivity contribution >= 4 is 34.8 Å². The number of halogens is 2. The van der Waals surface area contributed by atoms with E-state index in [9.17, 15) is 23.2 Å². The molecular formula is C24H19F2N3O4. The first-order chi connectivity index (χ1) is 15.9.